The standard InChI is InChI=1S/C19H35NO3/c1-3-5-6-7-8-9-10-11-12-16(4-2)15-23-19(22)17-13-14-18(21)20-17/h16-17H,3-15H2,1-2H3,(H,20,21)/t16?,17-/m0/s1. The Kier molecular flexibility index (Phi) is 10.8. The molecule has 2 atom stereocenters. The molecule has 0 aromatic carbocycles. The molecule has 0 aromatic heterocycles. The van der Waals surface area contributed by atoms with Gasteiger partial charge >= 0.3 is 5.97 Å². The third-order valence-electron chi connectivity index (χ3n) is 4.78. The lowest BCUT2D eigenvalue weighted by molar-refractivity contribution is -0.148. The highest BCUT2D eigenvalue weighted by atomic mass is 16.5. The summed E-state index contributed by atoms with van der Waals surface area (Å²) in [6.07, 6.45) is 13.8. The molecule has 1 aliphatic heterocycles. The maximum atomic E-state index is 11.9. The molecular formula is C19H35NO3. The van der Waals surface area contributed by atoms with Gasteiger partial charge in [-0.05, 0) is 18.8 Å². The lowest BCUT2D eigenvalue weighted by Gasteiger charge is -2.17. The minimum absolute atomic E-state index is 0.0436. The molecular weight excluding hydrogens is 290 g/mol. The van der Waals surface area contributed by atoms with Crippen molar-refractivity contribution in [2.75, 3.05) is 6.61 Å². The van der Waals surface area contributed by atoms with E-state index in [-0.39, 0.29) is 11.9 Å². The minimum Gasteiger partial charge on any atom is -0.464 e. The highest BCUT2D eigenvalue weighted by Crippen LogP contribution is 2.17. The lowest BCUT2D eigenvalue weighted by Crippen LogP contribution is -2.35. The normalized spacial score (nSPS) is 18.7. The quantitative estimate of drug-likeness (QED) is 0.404. The summed E-state index contributed by atoms with van der Waals surface area (Å²) in [5.74, 6) is 0.152. The summed E-state index contributed by atoms with van der Waals surface area (Å²) >= 11 is 0. The number of esters is 1. The van der Waals surface area contributed by atoms with Crippen molar-refractivity contribution in [3.05, 3.63) is 0 Å². The number of hydrogen-bond donors (Lipinski definition) is 1. The van der Waals surface area contributed by atoms with E-state index in [0.29, 0.717) is 25.4 Å². The van der Waals surface area contributed by atoms with Crippen LogP contribution in [0.3, 0.4) is 0 Å². The average Bonchev–Trinajstić information content (AvgIpc) is 2.99. The van der Waals surface area contributed by atoms with Crippen molar-refractivity contribution in [2.24, 2.45) is 5.92 Å². The van der Waals surface area contributed by atoms with E-state index in [0.717, 1.165) is 12.8 Å². The molecule has 1 heterocycles. The number of carbonyl (C=O) groups excluding carboxylic acids is 2. The van der Waals surface area contributed by atoms with Crippen LogP contribution < -0.4 is 5.32 Å². The van der Waals surface area contributed by atoms with Crippen LogP contribution >= 0.6 is 0 Å². The number of carbonyl (C=O) groups is 2. The van der Waals surface area contributed by atoms with Crippen LogP contribution in [0, 0.1) is 5.92 Å². The number of rotatable bonds is 13. The summed E-state index contributed by atoms with van der Waals surface area (Å²) in [7, 11) is 0. The lowest BCUT2D eigenvalue weighted by atomic mass is 9.98. The first-order chi connectivity index (χ1) is 11.2. The van der Waals surface area contributed by atoms with Gasteiger partial charge in [0.2, 0.25) is 5.91 Å². The highest BCUT2D eigenvalue weighted by Gasteiger charge is 2.28. The first kappa shape index (κ1) is 20.0. The Morgan fingerprint density at radius 1 is 1.13 bits per heavy atom. The predicted molar refractivity (Wildman–Crippen MR) is 93.1 cm³/mol. The van der Waals surface area contributed by atoms with Crippen LogP contribution in [0.1, 0.15) is 90.9 Å². The number of unbranched alkanes of at least 4 members (excludes halogenated alkanes) is 7. The first-order valence-electron chi connectivity index (χ1n) is 9.63. The largest absolute Gasteiger partial charge is 0.464 e. The van der Waals surface area contributed by atoms with E-state index in [4.69, 9.17) is 4.74 Å². The van der Waals surface area contributed by atoms with Crippen LogP contribution in [0.5, 0.6) is 0 Å². The van der Waals surface area contributed by atoms with Gasteiger partial charge in [-0.15, -0.1) is 0 Å². The molecule has 4 nitrogen and oxygen atoms in total. The molecule has 0 bridgehead atoms. The summed E-state index contributed by atoms with van der Waals surface area (Å²) < 4.78 is 5.40. The van der Waals surface area contributed by atoms with Gasteiger partial charge in [0.15, 0.2) is 0 Å². The molecule has 1 rings (SSSR count). The fraction of sp³-hybridized carbons (Fsp3) is 0.895. The molecule has 1 fully saturated rings. The number of hydrogen-bond acceptors (Lipinski definition) is 3. The van der Waals surface area contributed by atoms with Crippen molar-refractivity contribution in [3.8, 4) is 0 Å². The maximum Gasteiger partial charge on any atom is 0.328 e. The second-order valence-electron chi connectivity index (χ2n) is 6.83. The number of ether oxygens (including phenoxy) is 1. The zero-order valence-corrected chi connectivity index (χ0v) is 15.1. The van der Waals surface area contributed by atoms with Gasteiger partial charge in [-0.3, -0.25) is 4.79 Å². The van der Waals surface area contributed by atoms with Crippen molar-refractivity contribution in [3.63, 3.8) is 0 Å². The molecule has 0 spiro atoms. The molecule has 1 amide bonds. The Hall–Kier alpha value is -1.06. The van der Waals surface area contributed by atoms with Gasteiger partial charge in [-0.1, -0.05) is 71.6 Å². The molecule has 4 heteroatoms. The summed E-state index contributed by atoms with van der Waals surface area (Å²) in [5, 5.41) is 2.66. The van der Waals surface area contributed by atoms with Crippen LogP contribution in [-0.4, -0.2) is 24.5 Å². The van der Waals surface area contributed by atoms with Crippen molar-refractivity contribution >= 4 is 11.9 Å². The Labute approximate surface area is 141 Å². The summed E-state index contributed by atoms with van der Waals surface area (Å²) in [6, 6.07) is -0.414. The molecule has 134 valence electrons. The van der Waals surface area contributed by atoms with Gasteiger partial charge in [0, 0.05) is 6.42 Å². The Morgan fingerprint density at radius 2 is 1.78 bits per heavy atom. The van der Waals surface area contributed by atoms with E-state index in [2.05, 4.69) is 19.2 Å². The molecule has 0 radical (unpaired) electrons. The molecule has 1 unspecified atom stereocenters. The zero-order chi connectivity index (χ0) is 16.9. The summed E-state index contributed by atoms with van der Waals surface area (Å²) in [5.41, 5.74) is 0. The van der Waals surface area contributed by atoms with Gasteiger partial charge in [0.1, 0.15) is 6.04 Å². The van der Waals surface area contributed by atoms with Crippen molar-refractivity contribution < 1.29 is 14.3 Å². The van der Waals surface area contributed by atoms with Crippen LogP contribution in [-0.2, 0) is 14.3 Å². The Bertz CT molecular complexity index is 344. The number of nitrogens with one attached hydrogen (secondary N) is 1. The second kappa shape index (κ2) is 12.4. The third kappa shape index (κ3) is 8.97. The van der Waals surface area contributed by atoms with E-state index in [1.807, 2.05) is 0 Å². The molecule has 1 aliphatic rings. The number of amides is 1. The highest BCUT2D eigenvalue weighted by molar-refractivity contribution is 5.88. The second-order valence-corrected chi connectivity index (χ2v) is 6.83. The molecule has 0 aliphatic carbocycles. The maximum absolute atomic E-state index is 11.9. The first-order valence-corrected chi connectivity index (χ1v) is 9.63. The van der Waals surface area contributed by atoms with Crippen molar-refractivity contribution in [1.29, 1.82) is 0 Å². The monoisotopic (exact) mass is 325 g/mol. The SMILES string of the molecule is CCCCCCCCCCC(CC)COC(=O)[C@@H]1CCC(=O)N1. The third-order valence-corrected chi connectivity index (χ3v) is 4.78. The zero-order valence-electron chi connectivity index (χ0n) is 15.1. The average molecular weight is 325 g/mol. The van der Waals surface area contributed by atoms with Crippen LogP contribution in [0.4, 0.5) is 0 Å². The molecule has 23 heavy (non-hydrogen) atoms. The van der Waals surface area contributed by atoms with Crippen LogP contribution in [0.2, 0.25) is 0 Å². The van der Waals surface area contributed by atoms with Crippen LogP contribution in [0.15, 0.2) is 0 Å². The fourth-order valence-corrected chi connectivity index (χ4v) is 3.06. The minimum atomic E-state index is -0.414. The Morgan fingerprint density at radius 3 is 2.35 bits per heavy atom. The smallest absolute Gasteiger partial charge is 0.328 e. The van der Waals surface area contributed by atoms with E-state index < -0.39 is 6.04 Å². The predicted octanol–water partition coefficient (Wildman–Crippen LogP) is 4.37. The summed E-state index contributed by atoms with van der Waals surface area (Å²) in [4.78, 5) is 23.0. The Balaban J connectivity index is 2.03. The van der Waals surface area contributed by atoms with Gasteiger partial charge in [0.05, 0.1) is 6.61 Å². The molecule has 1 saturated heterocycles. The topological polar surface area (TPSA) is 55.4 Å². The van der Waals surface area contributed by atoms with Gasteiger partial charge < -0.3 is 10.1 Å². The van der Waals surface area contributed by atoms with Crippen molar-refractivity contribution in [1.82, 2.24) is 5.32 Å². The fourth-order valence-electron chi connectivity index (χ4n) is 3.06. The van der Waals surface area contributed by atoms with E-state index in [1.165, 1.54) is 51.4 Å². The van der Waals surface area contributed by atoms with Crippen LogP contribution in [0.25, 0.3) is 0 Å². The van der Waals surface area contributed by atoms with E-state index in [9.17, 15) is 9.59 Å². The van der Waals surface area contributed by atoms with Gasteiger partial charge in [-0.25, -0.2) is 4.79 Å². The summed E-state index contributed by atoms with van der Waals surface area (Å²) in [6.45, 7) is 4.90. The molecule has 0 aromatic rings. The van der Waals surface area contributed by atoms with E-state index in [1.54, 1.807) is 0 Å². The van der Waals surface area contributed by atoms with E-state index >= 15 is 0 Å². The molecule has 0 saturated carbocycles. The van der Waals surface area contributed by atoms with Crippen molar-refractivity contribution in [2.45, 2.75) is 96.9 Å². The molecule has 1 N–H and O–H groups in total. The van der Waals surface area contributed by atoms with Gasteiger partial charge in [-0.2, -0.15) is 0 Å². The van der Waals surface area contributed by atoms with Gasteiger partial charge in [0.25, 0.3) is 0 Å².